The fourth-order valence-electron chi connectivity index (χ4n) is 0.289. The summed E-state index contributed by atoms with van der Waals surface area (Å²) in [5.41, 5.74) is 0. The molecule has 0 N–H and O–H groups in total. The Labute approximate surface area is 47.0 Å². The van der Waals surface area contributed by atoms with Gasteiger partial charge in [0.1, 0.15) is 0 Å². The summed E-state index contributed by atoms with van der Waals surface area (Å²) in [4.78, 5) is 3.79. The Kier molecular flexibility index (Phi) is 3.15. The standard InChI is InChI=1S/C3H5N2.Ni/c1-2-5-3-4-1;/h3H,1-2H2;/q-1;. The minimum Gasteiger partial charge on any atom is -0.472 e. The molecule has 0 unspecified atom stereocenters. The van der Waals surface area contributed by atoms with Gasteiger partial charge in [-0.2, -0.15) is 0 Å². The van der Waals surface area contributed by atoms with Gasteiger partial charge in [0.25, 0.3) is 0 Å². The number of nitrogens with zero attached hydrogens (tertiary/aromatic N) is 2. The van der Waals surface area contributed by atoms with Gasteiger partial charge in [0, 0.05) is 16.5 Å². The first-order valence-electron chi connectivity index (χ1n) is 1.65. The molecule has 0 radical (unpaired) electrons. The quantitative estimate of drug-likeness (QED) is 0.422. The molecular weight excluding hydrogens is 123 g/mol. The Bertz CT molecular complexity index is 46.8. The zero-order valence-electron chi connectivity index (χ0n) is 3.20. The molecule has 0 bridgehead atoms. The first-order chi connectivity index (χ1) is 2.50. The normalized spacial score (nSPS) is 16.0. The maximum absolute atomic E-state index is 3.79. The average molecular weight is 128 g/mol. The molecule has 1 heterocycles. The Morgan fingerprint density at radius 2 is 2.50 bits per heavy atom. The summed E-state index contributed by atoms with van der Waals surface area (Å²) < 4.78 is 0. The van der Waals surface area contributed by atoms with Crippen molar-refractivity contribution in [3.8, 4) is 0 Å². The average Bonchev–Trinajstić information content (AvgIpc) is 1.76. The Morgan fingerprint density at radius 1 is 1.67 bits per heavy atom. The summed E-state index contributed by atoms with van der Waals surface area (Å²) in [6, 6.07) is 0. The van der Waals surface area contributed by atoms with Crippen LogP contribution in [0, 0.1) is 0 Å². The molecule has 38 valence electrons. The molecule has 0 atom stereocenters. The summed E-state index contributed by atoms with van der Waals surface area (Å²) in [7, 11) is 0. The van der Waals surface area contributed by atoms with Gasteiger partial charge >= 0.3 is 0 Å². The molecule has 1 rings (SSSR count). The van der Waals surface area contributed by atoms with E-state index >= 15 is 0 Å². The first kappa shape index (κ1) is 5.96. The molecular formula is C3H5N2Ni-. The van der Waals surface area contributed by atoms with Crippen LogP contribution in [0.4, 0.5) is 0 Å². The van der Waals surface area contributed by atoms with E-state index in [4.69, 9.17) is 0 Å². The molecule has 0 aliphatic carbocycles. The van der Waals surface area contributed by atoms with Crippen molar-refractivity contribution in [2.45, 2.75) is 0 Å². The number of hydrogen-bond donors (Lipinski definition) is 0. The second-order valence-electron chi connectivity index (χ2n) is 0.928. The summed E-state index contributed by atoms with van der Waals surface area (Å²) in [6.45, 7) is 1.81. The molecule has 6 heavy (non-hydrogen) atoms. The fourth-order valence-corrected chi connectivity index (χ4v) is 0.289. The van der Waals surface area contributed by atoms with Gasteiger partial charge in [-0.3, -0.25) is 0 Å². The van der Waals surface area contributed by atoms with Gasteiger partial charge in [0.2, 0.25) is 0 Å². The third kappa shape index (κ3) is 1.41. The Morgan fingerprint density at radius 3 is 2.67 bits per heavy atom. The first-order valence-corrected chi connectivity index (χ1v) is 1.65. The van der Waals surface area contributed by atoms with Crippen molar-refractivity contribution in [3.05, 3.63) is 5.32 Å². The van der Waals surface area contributed by atoms with Gasteiger partial charge in [0.05, 0.1) is 0 Å². The second-order valence-corrected chi connectivity index (χ2v) is 0.928. The van der Waals surface area contributed by atoms with Crippen LogP contribution in [0.1, 0.15) is 0 Å². The van der Waals surface area contributed by atoms with Crippen molar-refractivity contribution >= 4 is 6.34 Å². The number of aliphatic imine (C=N–C) groups is 1. The Balaban J connectivity index is 0.000000250. The topological polar surface area (TPSA) is 26.5 Å². The zero-order chi connectivity index (χ0) is 3.54. The van der Waals surface area contributed by atoms with Crippen molar-refractivity contribution in [1.82, 2.24) is 0 Å². The van der Waals surface area contributed by atoms with Crippen LogP contribution in [0.25, 0.3) is 5.32 Å². The van der Waals surface area contributed by atoms with E-state index < -0.39 is 0 Å². The van der Waals surface area contributed by atoms with E-state index in [1.807, 2.05) is 0 Å². The SMILES string of the molecule is C1=NCC[N-]1.[Ni]. The van der Waals surface area contributed by atoms with Crippen LogP contribution >= 0.6 is 0 Å². The largest absolute Gasteiger partial charge is 0.472 e. The minimum absolute atomic E-state index is 0. The molecule has 0 fully saturated rings. The van der Waals surface area contributed by atoms with Gasteiger partial charge in [0.15, 0.2) is 0 Å². The maximum Gasteiger partial charge on any atom is 0 e. The number of rotatable bonds is 0. The van der Waals surface area contributed by atoms with Crippen LogP contribution < -0.4 is 0 Å². The smallest absolute Gasteiger partial charge is 0 e. The molecule has 1 aliphatic rings. The van der Waals surface area contributed by atoms with Crippen LogP contribution in [0.15, 0.2) is 4.99 Å². The second kappa shape index (κ2) is 3.16. The molecule has 0 aromatic rings. The van der Waals surface area contributed by atoms with Crippen LogP contribution in [-0.2, 0) is 16.5 Å². The summed E-state index contributed by atoms with van der Waals surface area (Å²) in [5.74, 6) is 0. The molecule has 0 aromatic heterocycles. The minimum atomic E-state index is 0. The Hall–Kier alpha value is -0.0365. The molecule has 0 aromatic carbocycles. The molecule has 3 heteroatoms. The molecule has 0 saturated heterocycles. The van der Waals surface area contributed by atoms with Crippen molar-refractivity contribution in [1.29, 1.82) is 0 Å². The van der Waals surface area contributed by atoms with E-state index in [1.165, 1.54) is 0 Å². The summed E-state index contributed by atoms with van der Waals surface area (Å²) in [5, 5.41) is 3.79. The third-order valence-corrected chi connectivity index (χ3v) is 0.521. The number of hydrogen-bond acceptors (Lipinski definition) is 1. The molecule has 0 saturated carbocycles. The third-order valence-electron chi connectivity index (χ3n) is 0.521. The van der Waals surface area contributed by atoms with Crippen LogP contribution in [0.5, 0.6) is 0 Å². The van der Waals surface area contributed by atoms with E-state index in [2.05, 4.69) is 10.3 Å². The maximum atomic E-state index is 3.79. The van der Waals surface area contributed by atoms with Crippen LogP contribution in [0.3, 0.4) is 0 Å². The summed E-state index contributed by atoms with van der Waals surface area (Å²) in [6.07, 6.45) is 1.61. The van der Waals surface area contributed by atoms with E-state index in [-0.39, 0.29) is 16.5 Å². The predicted octanol–water partition coefficient (Wildman–Crippen LogP) is 0.400. The van der Waals surface area contributed by atoms with Gasteiger partial charge in [-0.05, 0) is 0 Å². The van der Waals surface area contributed by atoms with Crippen LogP contribution in [0.2, 0.25) is 0 Å². The van der Waals surface area contributed by atoms with E-state index in [1.54, 1.807) is 6.34 Å². The van der Waals surface area contributed by atoms with Crippen molar-refractivity contribution in [2.24, 2.45) is 4.99 Å². The fraction of sp³-hybridized carbons (Fsp3) is 0.667. The predicted molar refractivity (Wildman–Crippen MR) is 21.6 cm³/mol. The van der Waals surface area contributed by atoms with E-state index in [0.717, 1.165) is 13.1 Å². The van der Waals surface area contributed by atoms with Gasteiger partial charge in [-0.25, -0.2) is 0 Å². The van der Waals surface area contributed by atoms with Crippen LogP contribution in [-0.4, -0.2) is 19.4 Å². The van der Waals surface area contributed by atoms with E-state index in [9.17, 15) is 0 Å². The molecule has 0 amide bonds. The van der Waals surface area contributed by atoms with Crippen molar-refractivity contribution < 1.29 is 16.5 Å². The van der Waals surface area contributed by atoms with Gasteiger partial charge < -0.3 is 10.3 Å². The molecule has 1 aliphatic heterocycles. The van der Waals surface area contributed by atoms with Gasteiger partial charge in [-0.1, -0.05) is 13.1 Å². The zero-order valence-corrected chi connectivity index (χ0v) is 4.19. The van der Waals surface area contributed by atoms with Crippen molar-refractivity contribution in [3.63, 3.8) is 0 Å². The monoisotopic (exact) mass is 127 g/mol. The van der Waals surface area contributed by atoms with E-state index in [0.29, 0.717) is 0 Å². The van der Waals surface area contributed by atoms with Crippen molar-refractivity contribution in [2.75, 3.05) is 13.1 Å². The summed E-state index contributed by atoms with van der Waals surface area (Å²) >= 11 is 0. The van der Waals surface area contributed by atoms with Gasteiger partial charge in [-0.15, -0.1) is 6.34 Å². The molecule has 2 nitrogen and oxygen atoms in total. The molecule has 0 spiro atoms.